The number of amides is 1. The smallest absolute Gasteiger partial charge is 0.249 e. The molecule has 0 aliphatic carbocycles. The van der Waals surface area contributed by atoms with Gasteiger partial charge in [-0.2, -0.15) is 0 Å². The summed E-state index contributed by atoms with van der Waals surface area (Å²) in [6.07, 6.45) is 3.21. The highest BCUT2D eigenvalue weighted by Crippen LogP contribution is 2.20. The molecule has 1 fully saturated rings. The number of tetrazole rings is 1. The molecule has 0 saturated carbocycles. The van der Waals surface area contributed by atoms with Gasteiger partial charge in [-0.15, -0.1) is 5.10 Å². The van der Waals surface area contributed by atoms with E-state index in [0.717, 1.165) is 30.0 Å². The van der Waals surface area contributed by atoms with Crippen LogP contribution in [-0.2, 0) is 16.1 Å². The second-order valence-electron chi connectivity index (χ2n) is 6.41. The van der Waals surface area contributed by atoms with Crippen molar-refractivity contribution in [2.24, 2.45) is 0 Å². The molecule has 1 N–H and O–H groups in total. The van der Waals surface area contributed by atoms with Crippen molar-refractivity contribution in [2.75, 3.05) is 31.2 Å². The number of hydrogen-bond acceptors (Lipinski definition) is 7. The van der Waals surface area contributed by atoms with E-state index in [-0.39, 0.29) is 5.91 Å². The molecule has 9 nitrogen and oxygen atoms in total. The SMILES string of the molecule is O=C(NCc1cccnc1N1CCOCC1)[C@@H](c1ccccc1)n1cnnn1. The molecule has 28 heavy (non-hydrogen) atoms. The summed E-state index contributed by atoms with van der Waals surface area (Å²) in [5.74, 6) is 0.695. The van der Waals surface area contributed by atoms with Gasteiger partial charge in [0.15, 0.2) is 6.04 Å². The van der Waals surface area contributed by atoms with Gasteiger partial charge in [0, 0.05) is 31.4 Å². The molecule has 4 rings (SSSR count). The first-order chi connectivity index (χ1) is 13.8. The van der Waals surface area contributed by atoms with Crippen molar-refractivity contribution < 1.29 is 9.53 Å². The van der Waals surface area contributed by atoms with Crippen LogP contribution in [0.4, 0.5) is 5.82 Å². The normalized spacial score (nSPS) is 15.2. The first-order valence-corrected chi connectivity index (χ1v) is 9.14. The van der Waals surface area contributed by atoms with Crippen molar-refractivity contribution in [3.05, 3.63) is 66.1 Å². The van der Waals surface area contributed by atoms with Gasteiger partial charge >= 0.3 is 0 Å². The minimum Gasteiger partial charge on any atom is -0.378 e. The van der Waals surface area contributed by atoms with E-state index in [1.165, 1.54) is 11.0 Å². The van der Waals surface area contributed by atoms with Gasteiger partial charge < -0.3 is 15.0 Å². The molecule has 0 spiro atoms. The van der Waals surface area contributed by atoms with Crippen molar-refractivity contribution in [2.45, 2.75) is 12.6 Å². The number of benzene rings is 1. The van der Waals surface area contributed by atoms with E-state index in [1.807, 2.05) is 42.5 Å². The van der Waals surface area contributed by atoms with E-state index in [9.17, 15) is 4.79 Å². The fourth-order valence-electron chi connectivity index (χ4n) is 3.25. The Bertz CT molecular complexity index is 896. The van der Waals surface area contributed by atoms with Crippen LogP contribution in [0.1, 0.15) is 17.2 Å². The zero-order valence-electron chi connectivity index (χ0n) is 15.3. The van der Waals surface area contributed by atoms with Crippen LogP contribution in [0.2, 0.25) is 0 Å². The predicted octanol–water partition coefficient (Wildman–Crippen LogP) is 0.810. The van der Waals surface area contributed by atoms with Crippen LogP contribution in [0, 0.1) is 0 Å². The Morgan fingerprint density at radius 2 is 1.96 bits per heavy atom. The minimum atomic E-state index is -0.639. The van der Waals surface area contributed by atoms with Gasteiger partial charge in [0.05, 0.1) is 13.2 Å². The minimum absolute atomic E-state index is 0.185. The fraction of sp³-hybridized carbons (Fsp3) is 0.316. The monoisotopic (exact) mass is 379 g/mol. The number of carbonyl (C=O) groups excluding carboxylic acids is 1. The number of anilines is 1. The average Bonchev–Trinajstić information content (AvgIpc) is 3.28. The second kappa shape index (κ2) is 8.57. The van der Waals surface area contributed by atoms with E-state index in [0.29, 0.717) is 19.8 Å². The van der Waals surface area contributed by atoms with Gasteiger partial charge in [-0.3, -0.25) is 4.79 Å². The van der Waals surface area contributed by atoms with Gasteiger partial charge in [-0.25, -0.2) is 9.67 Å². The molecule has 0 bridgehead atoms. The molecular formula is C19H21N7O2. The molecule has 0 radical (unpaired) electrons. The van der Waals surface area contributed by atoms with Crippen LogP contribution in [0.25, 0.3) is 0 Å². The van der Waals surface area contributed by atoms with Crippen molar-refractivity contribution in [3.63, 3.8) is 0 Å². The highest BCUT2D eigenvalue weighted by molar-refractivity contribution is 5.83. The van der Waals surface area contributed by atoms with E-state index in [4.69, 9.17) is 4.74 Å². The van der Waals surface area contributed by atoms with Crippen LogP contribution in [0.3, 0.4) is 0 Å². The predicted molar refractivity (Wildman–Crippen MR) is 102 cm³/mol. The average molecular weight is 379 g/mol. The van der Waals surface area contributed by atoms with Gasteiger partial charge in [0.1, 0.15) is 12.1 Å². The van der Waals surface area contributed by atoms with Gasteiger partial charge in [0.2, 0.25) is 5.91 Å². The molecule has 1 amide bonds. The number of ether oxygens (including phenoxy) is 1. The lowest BCUT2D eigenvalue weighted by molar-refractivity contribution is -0.123. The van der Waals surface area contributed by atoms with Crippen molar-refractivity contribution >= 4 is 11.7 Å². The van der Waals surface area contributed by atoms with Crippen LogP contribution in [0.5, 0.6) is 0 Å². The summed E-state index contributed by atoms with van der Waals surface area (Å²) in [5.41, 5.74) is 1.77. The molecular weight excluding hydrogens is 358 g/mol. The highest BCUT2D eigenvalue weighted by atomic mass is 16.5. The van der Waals surface area contributed by atoms with Gasteiger partial charge in [-0.1, -0.05) is 36.4 Å². The zero-order valence-corrected chi connectivity index (χ0v) is 15.3. The lowest BCUT2D eigenvalue weighted by atomic mass is 10.1. The lowest BCUT2D eigenvalue weighted by Crippen LogP contribution is -2.38. The first-order valence-electron chi connectivity index (χ1n) is 9.14. The number of nitrogens with one attached hydrogen (secondary N) is 1. The molecule has 1 aromatic carbocycles. The molecule has 9 heteroatoms. The van der Waals surface area contributed by atoms with Gasteiger partial charge in [0.25, 0.3) is 0 Å². The van der Waals surface area contributed by atoms with Crippen LogP contribution < -0.4 is 10.2 Å². The molecule has 3 aromatic rings. The van der Waals surface area contributed by atoms with Crippen LogP contribution in [0.15, 0.2) is 55.0 Å². The zero-order chi connectivity index (χ0) is 19.2. The van der Waals surface area contributed by atoms with Crippen LogP contribution in [-0.4, -0.2) is 57.4 Å². The lowest BCUT2D eigenvalue weighted by Gasteiger charge is -2.29. The number of nitrogens with zero attached hydrogens (tertiary/aromatic N) is 6. The number of hydrogen-bond donors (Lipinski definition) is 1. The molecule has 1 saturated heterocycles. The Labute approximate surface area is 162 Å². The molecule has 2 aromatic heterocycles. The number of carbonyl (C=O) groups is 1. The molecule has 1 atom stereocenters. The first kappa shape index (κ1) is 18.1. The Hall–Kier alpha value is -3.33. The number of morpholine rings is 1. The molecule has 144 valence electrons. The maximum absolute atomic E-state index is 13.0. The van der Waals surface area contributed by atoms with E-state index >= 15 is 0 Å². The van der Waals surface area contributed by atoms with Crippen molar-refractivity contribution in [1.29, 1.82) is 0 Å². The van der Waals surface area contributed by atoms with Gasteiger partial charge in [-0.05, 0) is 22.1 Å². The van der Waals surface area contributed by atoms with Crippen molar-refractivity contribution in [1.82, 2.24) is 30.5 Å². The van der Waals surface area contributed by atoms with E-state index in [2.05, 4.69) is 30.7 Å². The summed E-state index contributed by atoms with van der Waals surface area (Å²) >= 11 is 0. The second-order valence-corrected chi connectivity index (χ2v) is 6.41. The summed E-state index contributed by atoms with van der Waals surface area (Å²) < 4.78 is 6.88. The standard InChI is InChI=1S/C19H21N7O2/c27-19(17(26-14-22-23-24-26)15-5-2-1-3-6-15)21-13-16-7-4-8-20-18(16)25-9-11-28-12-10-25/h1-8,14,17H,9-13H2,(H,21,27)/t17-/m1/s1. The van der Waals surface area contributed by atoms with Crippen molar-refractivity contribution in [3.8, 4) is 0 Å². The fourth-order valence-corrected chi connectivity index (χ4v) is 3.25. The largest absolute Gasteiger partial charge is 0.378 e. The quantitative estimate of drug-likeness (QED) is 0.677. The van der Waals surface area contributed by atoms with E-state index < -0.39 is 6.04 Å². The number of aromatic nitrogens is 5. The maximum atomic E-state index is 13.0. The highest BCUT2D eigenvalue weighted by Gasteiger charge is 2.24. The Balaban J connectivity index is 1.52. The third-order valence-corrected chi connectivity index (χ3v) is 4.62. The summed E-state index contributed by atoms with van der Waals surface area (Å²) in [7, 11) is 0. The molecule has 0 unspecified atom stereocenters. The number of rotatable bonds is 6. The van der Waals surface area contributed by atoms with E-state index in [1.54, 1.807) is 6.20 Å². The third-order valence-electron chi connectivity index (χ3n) is 4.62. The summed E-state index contributed by atoms with van der Waals surface area (Å²) in [4.78, 5) is 19.7. The van der Waals surface area contributed by atoms with Crippen LogP contribution >= 0.6 is 0 Å². The molecule has 1 aliphatic heterocycles. The maximum Gasteiger partial charge on any atom is 0.249 e. The summed E-state index contributed by atoms with van der Waals surface area (Å²) in [6, 6.07) is 12.7. The number of pyridine rings is 1. The Kier molecular flexibility index (Phi) is 5.53. The molecule has 3 heterocycles. The summed E-state index contributed by atoms with van der Waals surface area (Å²) in [5, 5.41) is 14.3. The Morgan fingerprint density at radius 3 is 2.71 bits per heavy atom. The Morgan fingerprint density at radius 1 is 1.14 bits per heavy atom. The summed E-state index contributed by atoms with van der Waals surface area (Å²) in [6.45, 7) is 3.30. The molecule has 1 aliphatic rings. The third kappa shape index (κ3) is 3.99. The topological polar surface area (TPSA) is 98.1 Å².